The smallest absolute Gasteiger partial charge is 0.190 e. The molecule has 0 aromatic heterocycles. The van der Waals surface area contributed by atoms with Gasteiger partial charge in [0, 0.05) is 11.1 Å². The fourth-order valence-electron chi connectivity index (χ4n) is 2.64. The minimum Gasteiger partial charge on any atom is -0.289 e. The van der Waals surface area contributed by atoms with Gasteiger partial charge in [0.15, 0.2) is 5.78 Å². The van der Waals surface area contributed by atoms with Crippen molar-refractivity contribution >= 4 is 11.4 Å². The average molecular weight is 224 g/mol. The van der Waals surface area contributed by atoms with Crippen LogP contribution in [-0.4, -0.2) is 5.78 Å². The number of hydrogen-bond donors (Lipinski definition) is 0. The van der Waals surface area contributed by atoms with Gasteiger partial charge in [-0.2, -0.15) is 0 Å². The molecule has 0 unspecified atom stereocenters. The Morgan fingerprint density at radius 1 is 1.12 bits per heavy atom. The van der Waals surface area contributed by atoms with Crippen LogP contribution in [0.15, 0.2) is 42.0 Å². The lowest BCUT2D eigenvalue weighted by molar-refractivity contribution is 0.103. The Balaban J connectivity index is 2.15. The highest BCUT2D eigenvalue weighted by Crippen LogP contribution is 2.41. The van der Waals surface area contributed by atoms with Crippen LogP contribution < -0.4 is 0 Å². The van der Waals surface area contributed by atoms with Crippen LogP contribution in [0.5, 0.6) is 0 Å². The number of rotatable bonds is 0. The summed E-state index contributed by atoms with van der Waals surface area (Å²) in [6.07, 6.45) is 6.32. The normalized spacial score (nSPS) is 21.2. The number of Topliss-reactive ketones (excluding diaryl/α,β-unsaturated/α-hetero) is 1. The van der Waals surface area contributed by atoms with Gasteiger partial charge in [-0.1, -0.05) is 50.3 Å². The molecule has 0 N–H and O–H groups in total. The summed E-state index contributed by atoms with van der Waals surface area (Å²) >= 11 is 0. The standard InChI is InChI=1S/C16H16O/c1-16(2)9-7-12-11-5-3-4-6-13(11)15(17)14(12)8-10-16/h3-7,9H,8,10H2,1-2H3. The van der Waals surface area contributed by atoms with Crippen molar-refractivity contribution in [1.29, 1.82) is 0 Å². The molecule has 0 bridgehead atoms. The van der Waals surface area contributed by atoms with Gasteiger partial charge in [0.1, 0.15) is 0 Å². The molecular formula is C16H16O. The first-order valence-corrected chi connectivity index (χ1v) is 6.15. The first-order chi connectivity index (χ1) is 8.08. The van der Waals surface area contributed by atoms with Gasteiger partial charge in [-0.3, -0.25) is 4.79 Å². The summed E-state index contributed by atoms with van der Waals surface area (Å²) in [7, 11) is 0. The Hall–Kier alpha value is -1.63. The fourth-order valence-corrected chi connectivity index (χ4v) is 2.64. The van der Waals surface area contributed by atoms with Crippen molar-refractivity contribution in [2.24, 2.45) is 5.41 Å². The monoisotopic (exact) mass is 224 g/mol. The molecule has 3 rings (SSSR count). The third kappa shape index (κ3) is 1.57. The second-order valence-corrected chi connectivity index (χ2v) is 5.59. The highest BCUT2D eigenvalue weighted by atomic mass is 16.1. The van der Waals surface area contributed by atoms with Gasteiger partial charge in [-0.05, 0) is 29.4 Å². The van der Waals surface area contributed by atoms with Crippen molar-refractivity contribution in [2.75, 3.05) is 0 Å². The van der Waals surface area contributed by atoms with Crippen LogP contribution in [0.2, 0.25) is 0 Å². The summed E-state index contributed by atoms with van der Waals surface area (Å²) in [5.41, 5.74) is 4.34. The predicted molar refractivity (Wildman–Crippen MR) is 69.8 cm³/mol. The van der Waals surface area contributed by atoms with Crippen LogP contribution in [0.1, 0.15) is 42.6 Å². The van der Waals surface area contributed by atoms with Crippen LogP contribution in [0.4, 0.5) is 0 Å². The molecule has 1 heteroatoms. The SMILES string of the molecule is CC1(C)C=CC2=C(CC1)C(=O)c1ccccc12. The molecule has 1 aromatic rings. The third-order valence-corrected chi connectivity index (χ3v) is 3.78. The number of benzene rings is 1. The molecule has 2 aliphatic rings. The summed E-state index contributed by atoms with van der Waals surface area (Å²) in [6, 6.07) is 7.94. The van der Waals surface area contributed by atoms with Crippen molar-refractivity contribution in [3.05, 3.63) is 53.1 Å². The summed E-state index contributed by atoms with van der Waals surface area (Å²) in [6.45, 7) is 4.45. The highest BCUT2D eigenvalue weighted by Gasteiger charge is 2.30. The molecule has 0 atom stereocenters. The average Bonchev–Trinajstić information content (AvgIpc) is 2.46. The molecule has 0 amide bonds. The molecule has 0 aliphatic heterocycles. The molecule has 0 heterocycles. The van der Waals surface area contributed by atoms with Crippen LogP contribution in [-0.2, 0) is 0 Å². The van der Waals surface area contributed by atoms with Gasteiger partial charge in [0.2, 0.25) is 0 Å². The van der Waals surface area contributed by atoms with E-state index in [0.717, 1.165) is 35.1 Å². The van der Waals surface area contributed by atoms with Crippen LogP contribution >= 0.6 is 0 Å². The van der Waals surface area contributed by atoms with Gasteiger partial charge in [0.05, 0.1) is 0 Å². The van der Waals surface area contributed by atoms with Crippen molar-refractivity contribution < 1.29 is 4.79 Å². The van der Waals surface area contributed by atoms with Gasteiger partial charge in [-0.15, -0.1) is 0 Å². The lowest BCUT2D eigenvalue weighted by Crippen LogP contribution is -2.08. The second kappa shape index (κ2) is 3.43. The van der Waals surface area contributed by atoms with E-state index < -0.39 is 0 Å². The summed E-state index contributed by atoms with van der Waals surface area (Å²) in [5.74, 6) is 0.234. The van der Waals surface area contributed by atoms with E-state index in [-0.39, 0.29) is 11.2 Å². The van der Waals surface area contributed by atoms with Crippen molar-refractivity contribution in [2.45, 2.75) is 26.7 Å². The Morgan fingerprint density at radius 2 is 1.82 bits per heavy atom. The molecule has 0 saturated carbocycles. The summed E-state index contributed by atoms with van der Waals surface area (Å²) in [5, 5.41) is 0. The minimum atomic E-state index is 0.194. The van der Waals surface area contributed by atoms with Crippen molar-refractivity contribution in [3.63, 3.8) is 0 Å². The number of carbonyl (C=O) groups is 1. The zero-order valence-electron chi connectivity index (χ0n) is 10.3. The van der Waals surface area contributed by atoms with Gasteiger partial charge in [-0.25, -0.2) is 0 Å². The van der Waals surface area contributed by atoms with E-state index in [1.807, 2.05) is 18.2 Å². The number of hydrogen-bond acceptors (Lipinski definition) is 1. The van der Waals surface area contributed by atoms with Crippen LogP contribution in [0.3, 0.4) is 0 Å². The maximum atomic E-state index is 12.3. The van der Waals surface area contributed by atoms with E-state index in [4.69, 9.17) is 0 Å². The Kier molecular flexibility index (Phi) is 2.12. The largest absolute Gasteiger partial charge is 0.289 e. The van der Waals surface area contributed by atoms with Crippen molar-refractivity contribution in [1.82, 2.24) is 0 Å². The molecule has 0 spiro atoms. The van der Waals surface area contributed by atoms with E-state index in [1.54, 1.807) is 0 Å². The number of fused-ring (bicyclic) bond motifs is 2. The first-order valence-electron chi connectivity index (χ1n) is 6.15. The molecule has 0 fully saturated rings. The third-order valence-electron chi connectivity index (χ3n) is 3.78. The Bertz CT molecular complexity index is 559. The molecule has 1 aromatic carbocycles. The maximum absolute atomic E-state index is 12.3. The molecule has 2 aliphatic carbocycles. The quantitative estimate of drug-likeness (QED) is 0.650. The highest BCUT2D eigenvalue weighted by molar-refractivity contribution is 6.22. The van der Waals surface area contributed by atoms with Gasteiger partial charge < -0.3 is 0 Å². The van der Waals surface area contributed by atoms with E-state index in [0.29, 0.717) is 0 Å². The zero-order chi connectivity index (χ0) is 12.0. The molecular weight excluding hydrogens is 208 g/mol. The molecule has 86 valence electrons. The Labute approximate surface area is 102 Å². The van der Waals surface area contributed by atoms with E-state index in [1.165, 1.54) is 0 Å². The van der Waals surface area contributed by atoms with Gasteiger partial charge in [0.25, 0.3) is 0 Å². The number of ketones is 1. The molecule has 0 saturated heterocycles. The van der Waals surface area contributed by atoms with E-state index in [2.05, 4.69) is 32.1 Å². The fraction of sp³-hybridized carbons (Fsp3) is 0.312. The lowest BCUT2D eigenvalue weighted by Gasteiger charge is -2.18. The number of allylic oxidation sites excluding steroid dienone is 4. The van der Waals surface area contributed by atoms with Crippen LogP contribution in [0, 0.1) is 5.41 Å². The summed E-state index contributed by atoms with van der Waals surface area (Å²) in [4.78, 5) is 12.3. The molecule has 0 radical (unpaired) electrons. The summed E-state index contributed by atoms with van der Waals surface area (Å²) < 4.78 is 0. The van der Waals surface area contributed by atoms with E-state index >= 15 is 0 Å². The van der Waals surface area contributed by atoms with Crippen molar-refractivity contribution in [3.8, 4) is 0 Å². The minimum absolute atomic E-state index is 0.194. The lowest BCUT2D eigenvalue weighted by atomic mass is 9.87. The predicted octanol–water partition coefficient (Wildman–Crippen LogP) is 4.01. The molecule has 17 heavy (non-hydrogen) atoms. The molecule has 1 nitrogen and oxygen atoms in total. The zero-order valence-corrected chi connectivity index (χ0v) is 10.3. The first kappa shape index (κ1) is 10.5. The second-order valence-electron chi connectivity index (χ2n) is 5.59. The van der Waals surface area contributed by atoms with Gasteiger partial charge >= 0.3 is 0 Å². The van der Waals surface area contributed by atoms with E-state index in [9.17, 15) is 4.79 Å². The number of carbonyl (C=O) groups excluding carboxylic acids is 1. The topological polar surface area (TPSA) is 17.1 Å². The van der Waals surface area contributed by atoms with Crippen LogP contribution in [0.25, 0.3) is 5.57 Å². The Morgan fingerprint density at radius 3 is 2.59 bits per heavy atom. The maximum Gasteiger partial charge on any atom is 0.190 e.